The number of ether oxygens (including phenoxy) is 1. The zero-order chi connectivity index (χ0) is 17.9. The number of furan rings is 1. The Balaban J connectivity index is 2.01. The number of aliphatic hydroxyl groups is 1. The maximum absolute atomic E-state index is 13.8. The molecule has 0 radical (unpaired) electrons. The van der Waals surface area contributed by atoms with Gasteiger partial charge in [-0.3, -0.25) is 0 Å². The van der Waals surface area contributed by atoms with Crippen LogP contribution in [0.1, 0.15) is 34.4 Å². The van der Waals surface area contributed by atoms with Gasteiger partial charge in [0.05, 0.1) is 13.7 Å². The van der Waals surface area contributed by atoms with Crippen LogP contribution in [0.15, 0.2) is 28.7 Å². The summed E-state index contributed by atoms with van der Waals surface area (Å²) in [6.07, 6.45) is 0. The van der Waals surface area contributed by atoms with Gasteiger partial charge in [0.15, 0.2) is 0 Å². The standard InChI is InChI=1S/C17H19F2NO4/c1-10-13(16(21)23-3)7-12(24-10)8-20-9-17(2,22)14-5-4-11(18)6-15(14)19/h4-7,20,22H,8-9H2,1-3H3. The lowest BCUT2D eigenvalue weighted by atomic mass is 9.95. The summed E-state index contributed by atoms with van der Waals surface area (Å²) in [7, 11) is 1.28. The molecule has 2 aromatic rings. The highest BCUT2D eigenvalue weighted by atomic mass is 19.1. The molecule has 0 amide bonds. The molecule has 0 bridgehead atoms. The summed E-state index contributed by atoms with van der Waals surface area (Å²) in [5.74, 6) is -1.12. The number of hydrogen-bond donors (Lipinski definition) is 2. The van der Waals surface area contributed by atoms with Crippen LogP contribution in [0.4, 0.5) is 8.78 Å². The Morgan fingerprint density at radius 1 is 1.38 bits per heavy atom. The first-order chi connectivity index (χ1) is 11.2. The Kier molecular flexibility index (Phi) is 5.36. The van der Waals surface area contributed by atoms with E-state index in [1.165, 1.54) is 20.1 Å². The van der Waals surface area contributed by atoms with Crippen molar-refractivity contribution in [3.63, 3.8) is 0 Å². The average Bonchev–Trinajstić information content (AvgIpc) is 2.86. The van der Waals surface area contributed by atoms with Crippen molar-refractivity contribution in [1.82, 2.24) is 5.32 Å². The van der Waals surface area contributed by atoms with Crippen LogP contribution in [-0.4, -0.2) is 24.7 Å². The number of hydrogen-bond acceptors (Lipinski definition) is 5. The summed E-state index contributed by atoms with van der Waals surface area (Å²) >= 11 is 0. The zero-order valence-corrected chi connectivity index (χ0v) is 13.7. The SMILES string of the molecule is COC(=O)c1cc(CNCC(C)(O)c2ccc(F)cc2F)oc1C. The molecule has 1 heterocycles. The average molecular weight is 339 g/mol. The minimum absolute atomic E-state index is 0.00283. The molecule has 0 aliphatic rings. The van der Waals surface area contributed by atoms with Crippen molar-refractivity contribution in [3.8, 4) is 0 Å². The Morgan fingerprint density at radius 2 is 2.08 bits per heavy atom. The number of carbonyl (C=O) groups excluding carboxylic acids is 1. The summed E-state index contributed by atoms with van der Waals surface area (Å²) < 4.78 is 36.8. The number of halogens is 2. The molecular weight excluding hydrogens is 320 g/mol. The van der Waals surface area contributed by atoms with Crippen LogP contribution in [-0.2, 0) is 16.9 Å². The molecule has 0 fully saturated rings. The first-order valence-corrected chi connectivity index (χ1v) is 7.31. The first-order valence-electron chi connectivity index (χ1n) is 7.31. The van der Waals surface area contributed by atoms with Gasteiger partial charge in [-0.1, -0.05) is 6.07 Å². The van der Waals surface area contributed by atoms with E-state index in [-0.39, 0.29) is 18.7 Å². The number of aryl methyl sites for hydroxylation is 1. The van der Waals surface area contributed by atoms with E-state index in [4.69, 9.17) is 4.42 Å². The minimum atomic E-state index is -1.54. The minimum Gasteiger partial charge on any atom is -0.465 e. The predicted octanol–water partition coefficient (Wildman–Crippen LogP) is 2.65. The summed E-state index contributed by atoms with van der Waals surface area (Å²) in [6.45, 7) is 3.28. The van der Waals surface area contributed by atoms with Crippen molar-refractivity contribution in [2.45, 2.75) is 26.0 Å². The van der Waals surface area contributed by atoms with Gasteiger partial charge in [-0.25, -0.2) is 13.6 Å². The van der Waals surface area contributed by atoms with Crippen molar-refractivity contribution in [1.29, 1.82) is 0 Å². The van der Waals surface area contributed by atoms with Gasteiger partial charge >= 0.3 is 5.97 Å². The monoisotopic (exact) mass is 339 g/mol. The van der Waals surface area contributed by atoms with E-state index in [0.29, 0.717) is 17.1 Å². The molecule has 0 aliphatic heterocycles. The van der Waals surface area contributed by atoms with Gasteiger partial charge in [-0.05, 0) is 26.0 Å². The lowest BCUT2D eigenvalue weighted by Gasteiger charge is -2.24. The summed E-state index contributed by atoms with van der Waals surface area (Å²) in [4.78, 5) is 11.5. The normalized spacial score (nSPS) is 13.6. The van der Waals surface area contributed by atoms with Gasteiger partial charge in [0, 0.05) is 18.2 Å². The maximum Gasteiger partial charge on any atom is 0.341 e. The maximum atomic E-state index is 13.8. The molecule has 1 aromatic carbocycles. The highest BCUT2D eigenvalue weighted by molar-refractivity contribution is 5.90. The molecule has 0 saturated heterocycles. The second-order valence-electron chi connectivity index (χ2n) is 5.68. The van der Waals surface area contributed by atoms with Crippen LogP contribution in [0.2, 0.25) is 0 Å². The van der Waals surface area contributed by atoms with Gasteiger partial charge in [0.1, 0.15) is 34.3 Å². The Hall–Kier alpha value is -2.25. The largest absolute Gasteiger partial charge is 0.465 e. The molecular formula is C17H19F2NO4. The van der Waals surface area contributed by atoms with Gasteiger partial charge in [-0.15, -0.1) is 0 Å². The van der Waals surface area contributed by atoms with Crippen LogP contribution in [0.5, 0.6) is 0 Å². The van der Waals surface area contributed by atoms with E-state index >= 15 is 0 Å². The summed E-state index contributed by atoms with van der Waals surface area (Å²) in [5, 5.41) is 13.3. The fourth-order valence-corrected chi connectivity index (χ4v) is 2.39. The van der Waals surface area contributed by atoms with E-state index in [1.54, 1.807) is 13.0 Å². The number of methoxy groups -OCH3 is 1. The van der Waals surface area contributed by atoms with E-state index in [2.05, 4.69) is 10.1 Å². The van der Waals surface area contributed by atoms with Gasteiger partial charge in [0.2, 0.25) is 0 Å². The zero-order valence-electron chi connectivity index (χ0n) is 13.7. The molecule has 1 unspecified atom stereocenters. The highest BCUT2D eigenvalue weighted by Crippen LogP contribution is 2.24. The smallest absolute Gasteiger partial charge is 0.341 e. The van der Waals surface area contributed by atoms with Crippen molar-refractivity contribution in [3.05, 3.63) is 58.5 Å². The van der Waals surface area contributed by atoms with Gasteiger partial charge < -0.3 is 19.6 Å². The van der Waals surface area contributed by atoms with E-state index < -0.39 is 23.2 Å². The molecule has 0 saturated carbocycles. The predicted molar refractivity (Wildman–Crippen MR) is 82.4 cm³/mol. The fraction of sp³-hybridized carbons (Fsp3) is 0.353. The number of esters is 1. The number of rotatable bonds is 6. The highest BCUT2D eigenvalue weighted by Gasteiger charge is 2.26. The van der Waals surface area contributed by atoms with Crippen molar-refractivity contribution >= 4 is 5.97 Å². The van der Waals surface area contributed by atoms with E-state index in [9.17, 15) is 18.7 Å². The molecule has 2 rings (SSSR count). The second kappa shape index (κ2) is 7.11. The van der Waals surface area contributed by atoms with E-state index in [1.807, 2.05) is 0 Å². The molecule has 1 atom stereocenters. The molecule has 130 valence electrons. The van der Waals surface area contributed by atoms with Crippen molar-refractivity contribution < 1.29 is 27.8 Å². The molecule has 7 heteroatoms. The topological polar surface area (TPSA) is 71.7 Å². The van der Waals surface area contributed by atoms with Crippen LogP contribution < -0.4 is 5.32 Å². The Bertz CT molecular complexity index is 740. The molecule has 24 heavy (non-hydrogen) atoms. The van der Waals surface area contributed by atoms with Crippen LogP contribution in [0.25, 0.3) is 0 Å². The quantitative estimate of drug-likeness (QED) is 0.792. The van der Waals surface area contributed by atoms with Gasteiger partial charge in [-0.2, -0.15) is 0 Å². The first kappa shape index (κ1) is 18.1. The van der Waals surface area contributed by atoms with Crippen LogP contribution in [0.3, 0.4) is 0 Å². The number of carbonyl (C=O) groups is 1. The van der Waals surface area contributed by atoms with E-state index in [0.717, 1.165) is 12.1 Å². The summed E-state index contributed by atoms with van der Waals surface area (Å²) in [6, 6.07) is 4.56. The lowest BCUT2D eigenvalue weighted by molar-refractivity contribution is 0.0523. The third-order valence-electron chi connectivity index (χ3n) is 3.65. The third-order valence-corrected chi connectivity index (χ3v) is 3.65. The fourth-order valence-electron chi connectivity index (χ4n) is 2.39. The third kappa shape index (κ3) is 3.98. The van der Waals surface area contributed by atoms with Crippen LogP contribution in [0, 0.1) is 18.6 Å². The molecule has 0 aliphatic carbocycles. The number of nitrogens with one attached hydrogen (secondary N) is 1. The summed E-state index contributed by atoms with van der Waals surface area (Å²) in [5.41, 5.74) is -1.22. The Morgan fingerprint density at radius 3 is 2.71 bits per heavy atom. The molecule has 2 N–H and O–H groups in total. The van der Waals surface area contributed by atoms with Crippen molar-refractivity contribution in [2.75, 3.05) is 13.7 Å². The van der Waals surface area contributed by atoms with Crippen LogP contribution >= 0.6 is 0 Å². The second-order valence-corrected chi connectivity index (χ2v) is 5.68. The number of benzene rings is 1. The Labute approximate surface area is 138 Å². The molecule has 5 nitrogen and oxygen atoms in total. The lowest BCUT2D eigenvalue weighted by Crippen LogP contribution is -2.35. The molecule has 0 spiro atoms. The molecule has 1 aromatic heterocycles. The van der Waals surface area contributed by atoms with Crippen molar-refractivity contribution in [2.24, 2.45) is 0 Å². The van der Waals surface area contributed by atoms with Gasteiger partial charge in [0.25, 0.3) is 0 Å².